The van der Waals surface area contributed by atoms with E-state index in [2.05, 4.69) is 66.8 Å². The quantitative estimate of drug-likeness (QED) is 0.418. The van der Waals surface area contributed by atoms with Gasteiger partial charge in [-0.2, -0.15) is 0 Å². The summed E-state index contributed by atoms with van der Waals surface area (Å²) in [4.78, 5) is 0. The van der Waals surface area contributed by atoms with Gasteiger partial charge in [0.05, 0.1) is 6.10 Å². The van der Waals surface area contributed by atoms with Gasteiger partial charge in [-0.1, -0.05) is 53.2 Å². The maximum atomic E-state index is 10.4. The maximum absolute atomic E-state index is 10.4. The molecule has 0 amide bonds. The number of fused-ring (bicyclic) bond motifs is 1. The van der Waals surface area contributed by atoms with E-state index < -0.39 is 8.32 Å². The number of hydrogen-bond acceptors (Lipinski definition) is 2. The number of aliphatic hydroxyl groups is 1. The molecule has 6 atom stereocenters. The number of allylic oxidation sites excluding steroid dienone is 1. The molecule has 2 saturated carbocycles. The molecule has 2 aliphatic rings. The Labute approximate surface area is 163 Å². The van der Waals surface area contributed by atoms with Crippen LogP contribution in [0.4, 0.5) is 0 Å². The third-order valence-corrected chi connectivity index (χ3v) is 12.6. The Kier molecular flexibility index (Phi) is 6.90. The van der Waals surface area contributed by atoms with E-state index >= 15 is 0 Å². The molecule has 2 fully saturated rings. The van der Waals surface area contributed by atoms with Crippen LogP contribution in [-0.4, -0.2) is 25.6 Å². The van der Waals surface area contributed by atoms with Gasteiger partial charge in [-0.25, -0.2) is 0 Å². The number of rotatable bonds is 6. The largest absolute Gasteiger partial charge is 0.414 e. The highest BCUT2D eigenvalue weighted by Gasteiger charge is 2.51. The molecule has 0 aliphatic heterocycles. The lowest BCUT2D eigenvalue weighted by atomic mass is 9.62. The summed E-state index contributed by atoms with van der Waals surface area (Å²) in [7, 11) is -1.68. The Morgan fingerprint density at radius 2 is 1.85 bits per heavy atom. The van der Waals surface area contributed by atoms with Gasteiger partial charge in [0.25, 0.3) is 0 Å². The maximum Gasteiger partial charge on any atom is 0.192 e. The lowest BCUT2D eigenvalue weighted by Gasteiger charge is -2.44. The van der Waals surface area contributed by atoms with Crippen molar-refractivity contribution in [2.75, 3.05) is 0 Å². The second kappa shape index (κ2) is 8.09. The van der Waals surface area contributed by atoms with Gasteiger partial charge < -0.3 is 9.53 Å². The molecule has 0 aromatic carbocycles. The van der Waals surface area contributed by atoms with Crippen molar-refractivity contribution in [3.05, 3.63) is 12.2 Å². The average molecular weight is 381 g/mol. The van der Waals surface area contributed by atoms with Crippen molar-refractivity contribution in [1.82, 2.24) is 0 Å². The molecule has 0 saturated heterocycles. The van der Waals surface area contributed by atoms with E-state index in [1.165, 1.54) is 25.7 Å². The minimum atomic E-state index is -1.68. The highest BCUT2D eigenvalue weighted by molar-refractivity contribution is 6.74. The van der Waals surface area contributed by atoms with Gasteiger partial charge in [-0.3, -0.25) is 0 Å². The van der Waals surface area contributed by atoms with Gasteiger partial charge in [0, 0.05) is 6.10 Å². The Morgan fingerprint density at radius 3 is 2.46 bits per heavy atom. The molecule has 2 aliphatic carbocycles. The third kappa shape index (κ3) is 4.64. The van der Waals surface area contributed by atoms with Crippen LogP contribution in [0.3, 0.4) is 0 Å². The molecule has 1 N–H and O–H groups in total. The van der Waals surface area contributed by atoms with Gasteiger partial charge in [-0.05, 0) is 80.3 Å². The molecule has 2 rings (SSSR count). The first-order valence-electron chi connectivity index (χ1n) is 10.9. The zero-order chi connectivity index (χ0) is 19.8. The zero-order valence-electron chi connectivity index (χ0n) is 18.6. The van der Waals surface area contributed by atoms with E-state index in [-0.39, 0.29) is 11.1 Å². The van der Waals surface area contributed by atoms with Crippen molar-refractivity contribution in [3.8, 4) is 0 Å². The van der Waals surface area contributed by atoms with Gasteiger partial charge in [0.2, 0.25) is 0 Å². The SMILES string of the molecule is C[C@H](CC=C[C@@H](C)[C@H]1CC[C@H]2[C@@H](O)CCC[C@]12C)O[Si](C)(C)C(C)(C)C. The predicted molar refractivity (Wildman–Crippen MR) is 115 cm³/mol. The summed E-state index contributed by atoms with van der Waals surface area (Å²) in [6.45, 7) is 18.6. The molecule has 0 aromatic rings. The van der Waals surface area contributed by atoms with Gasteiger partial charge >= 0.3 is 0 Å². The molecule has 0 radical (unpaired) electrons. The second-order valence-electron chi connectivity index (χ2n) is 11.0. The Bertz CT molecular complexity index is 493. The summed E-state index contributed by atoms with van der Waals surface area (Å²) in [5.41, 5.74) is 0.338. The predicted octanol–water partition coefficient (Wildman–Crippen LogP) is 6.56. The van der Waals surface area contributed by atoms with E-state index in [1.807, 2.05) is 0 Å². The summed E-state index contributed by atoms with van der Waals surface area (Å²) in [6, 6.07) is 0. The summed E-state index contributed by atoms with van der Waals surface area (Å²) in [6.07, 6.45) is 12.0. The van der Waals surface area contributed by atoms with Crippen molar-refractivity contribution in [1.29, 1.82) is 0 Å². The summed E-state index contributed by atoms with van der Waals surface area (Å²) < 4.78 is 6.48. The van der Waals surface area contributed by atoms with Crippen LogP contribution in [0.2, 0.25) is 18.1 Å². The van der Waals surface area contributed by atoms with E-state index in [0.29, 0.717) is 23.4 Å². The molecule has 26 heavy (non-hydrogen) atoms. The normalized spacial score (nSPS) is 35.5. The van der Waals surface area contributed by atoms with E-state index in [4.69, 9.17) is 4.43 Å². The van der Waals surface area contributed by atoms with Crippen LogP contribution in [0.5, 0.6) is 0 Å². The van der Waals surface area contributed by atoms with Crippen LogP contribution < -0.4 is 0 Å². The van der Waals surface area contributed by atoms with Gasteiger partial charge in [-0.15, -0.1) is 0 Å². The molecule has 0 aromatic heterocycles. The Hall–Kier alpha value is -0.123. The molecule has 0 heterocycles. The fourth-order valence-electron chi connectivity index (χ4n) is 5.40. The van der Waals surface area contributed by atoms with Crippen molar-refractivity contribution >= 4 is 8.32 Å². The smallest absolute Gasteiger partial charge is 0.192 e. The highest BCUT2D eigenvalue weighted by Crippen LogP contribution is 2.57. The summed E-state index contributed by atoms with van der Waals surface area (Å²) in [5.74, 6) is 1.84. The number of aliphatic hydroxyl groups excluding tert-OH is 1. The van der Waals surface area contributed by atoms with Crippen molar-refractivity contribution < 1.29 is 9.53 Å². The van der Waals surface area contributed by atoms with E-state index in [9.17, 15) is 5.11 Å². The van der Waals surface area contributed by atoms with Crippen molar-refractivity contribution in [2.45, 2.75) is 110 Å². The first kappa shape index (κ1) is 22.2. The minimum absolute atomic E-state index is 0.0621. The zero-order valence-corrected chi connectivity index (χ0v) is 19.6. The molecule has 3 heteroatoms. The van der Waals surface area contributed by atoms with E-state index in [1.54, 1.807) is 0 Å². The third-order valence-electron chi connectivity index (χ3n) is 8.01. The minimum Gasteiger partial charge on any atom is -0.414 e. The van der Waals surface area contributed by atoms with Crippen LogP contribution in [0.1, 0.15) is 80.1 Å². The van der Waals surface area contributed by atoms with Crippen LogP contribution in [0, 0.1) is 23.2 Å². The van der Waals surface area contributed by atoms with Gasteiger partial charge in [0.15, 0.2) is 8.32 Å². The lowest BCUT2D eigenvalue weighted by Crippen LogP contribution is -2.43. The second-order valence-corrected chi connectivity index (χ2v) is 15.7. The molecule has 0 spiro atoms. The van der Waals surface area contributed by atoms with E-state index in [0.717, 1.165) is 18.8 Å². The highest BCUT2D eigenvalue weighted by atomic mass is 28.4. The van der Waals surface area contributed by atoms with Crippen LogP contribution in [0.25, 0.3) is 0 Å². The average Bonchev–Trinajstić information content (AvgIpc) is 2.84. The first-order chi connectivity index (χ1) is 11.9. The van der Waals surface area contributed by atoms with Crippen molar-refractivity contribution in [2.24, 2.45) is 23.2 Å². The standard InChI is InChI=1S/C23H44O2Si/c1-17(11-9-12-18(2)25-26(7,8)22(3,4)5)19-14-15-20-21(24)13-10-16-23(19,20)6/h9,11,17-21,24H,10,12-16H2,1-8H3/t17-,18-,19-,20+,21+,23-/m1/s1. The van der Waals surface area contributed by atoms with Crippen LogP contribution in [-0.2, 0) is 4.43 Å². The fourth-order valence-corrected chi connectivity index (χ4v) is 6.86. The molecule has 2 nitrogen and oxygen atoms in total. The summed E-state index contributed by atoms with van der Waals surface area (Å²) in [5, 5.41) is 10.7. The Balaban J connectivity index is 1.90. The van der Waals surface area contributed by atoms with Crippen LogP contribution >= 0.6 is 0 Å². The lowest BCUT2D eigenvalue weighted by molar-refractivity contribution is -0.0231. The number of hydrogen-bond donors (Lipinski definition) is 1. The molecule has 0 bridgehead atoms. The molecular weight excluding hydrogens is 336 g/mol. The Morgan fingerprint density at radius 1 is 1.19 bits per heavy atom. The summed E-state index contributed by atoms with van der Waals surface area (Å²) >= 11 is 0. The molecular formula is C23H44O2Si. The topological polar surface area (TPSA) is 29.5 Å². The van der Waals surface area contributed by atoms with Crippen molar-refractivity contribution in [3.63, 3.8) is 0 Å². The molecule has 152 valence electrons. The fraction of sp³-hybridized carbons (Fsp3) is 0.913. The first-order valence-corrected chi connectivity index (χ1v) is 13.8. The van der Waals surface area contributed by atoms with Crippen LogP contribution in [0.15, 0.2) is 12.2 Å². The van der Waals surface area contributed by atoms with Gasteiger partial charge in [0.1, 0.15) is 0 Å². The monoisotopic (exact) mass is 380 g/mol. The molecule has 0 unspecified atom stereocenters.